The number of benzene rings is 2. The van der Waals surface area contributed by atoms with Gasteiger partial charge in [-0.15, -0.1) is 0 Å². The van der Waals surface area contributed by atoms with E-state index < -0.39 is 36.4 Å². The standard InChI is InChI=1S/C23H27N3O.C6H8O7/c1-19-5-2-3-6-22(19)17-26(12-4-11-25-13-10-24-18-25)16-20-7-8-23-21(15-20)9-14-27-23;7-3(8)1-6(13,5(11)12)2-4(9)10/h2-3,5-8,10,13,15,18H,4,9,11-12,14,16-17H2,1H3;13H,1-2H2,(H,7,8)(H,9,10)(H,11,12). The third-order valence-electron chi connectivity index (χ3n) is 6.55. The molecule has 1 aromatic heterocycles. The minimum absolute atomic E-state index is 0.816. The molecule has 0 atom stereocenters. The molecule has 0 unspecified atom stereocenters. The Morgan fingerprint density at radius 1 is 1.05 bits per heavy atom. The minimum Gasteiger partial charge on any atom is -0.493 e. The van der Waals surface area contributed by atoms with Crippen LogP contribution in [-0.4, -0.2) is 71.5 Å². The zero-order valence-electron chi connectivity index (χ0n) is 22.4. The molecule has 11 heteroatoms. The third kappa shape index (κ3) is 9.21. The maximum Gasteiger partial charge on any atom is 0.336 e. The van der Waals surface area contributed by atoms with Crippen LogP contribution in [0.15, 0.2) is 61.2 Å². The number of fused-ring (bicyclic) bond motifs is 1. The molecule has 11 nitrogen and oxygen atoms in total. The molecule has 0 saturated heterocycles. The highest BCUT2D eigenvalue weighted by molar-refractivity contribution is 5.88. The quantitative estimate of drug-likeness (QED) is 0.247. The van der Waals surface area contributed by atoms with Crippen LogP contribution in [0.5, 0.6) is 5.75 Å². The van der Waals surface area contributed by atoms with Crippen molar-refractivity contribution < 1.29 is 39.5 Å². The van der Waals surface area contributed by atoms with E-state index >= 15 is 0 Å². The van der Waals surface area contributed by atoms with Crippen LogP contribution in [-0.2, 0) is 40.4 Å². The van der Waals surface area contributed by atoms with E-state index in [0.29, 0.717) is 0 Å². The van der Waals surface area contributed by atoms with E-state index in [4.69, 9.17) is 25.2 Å². The Morgan fingerprint density at radius 3 is 2.40 bits per heavy atom. The Bertz CT molecular complexity index is 1280. The first kappa shape index (κ1) is 30.3. The Kier molecular flexibility index (Phi) is 10.8. The lowest BCUT2D eigenvalue weighted by atomic mass is 9.96. The van der Waals surface area contributed by atoms with Gasteiger partial charge >= 0.3 is 17.9 Å². The van der Waals surface area contributed by atoms with Gasteiger partial charge in [-0.2, -0.15) is 0 Å². The number of imidazole rings is 1. The number of carbonyl (C=O) groups is 3. The van der Waals surface area contributed by atoms with E-state index in [1.54, 1.807) is 0 Å². The molecule has 0 amide bonds. The van der Waals surface area contributed by atoms with Crippen molar-refractivity contribution in [2.24, 2.45) is 0 Å². The van der Waals surface area contributed by atoms with Gasteiger partial charge in [0, 0.05) is 45.0 Å². The van der Waals surface area contributed by atoms with Crippen LogP contribution in [0.1, 0.15) is 41.5 Å². The normalized spacial score (nSPS) is 12.3. The summed E-state index contributed by atoms with van der Waals surface area (Å²) in [7, 11) is 0. The second-order valence-corrected chi connectivity index (χ2v) is 9.81. The van der Waals surface area contributed by atoms with E-state index in [1.165, 1.54) is 22.3 Å². The third-order valence-corrected chi connectivity index (χ3v) is 6.55. The second kappa shape index (κ2) is 14.2. The SMILES string of the molecule is Cc1ccccc1CN(CCCn1ccnc1)Cc1ccc2c(c1)CCO2.O=C(O)CC(O)(CC(=O)O)C(=O)O. The number of aliphatic hydroxyl groups is 1. The fraction of sp³-hybridized carbons (Fsp3) is 0.379. The fourth-order valence-electron chi connectivity index (χ4n) is 4.45. The number of ether oxygens (including phenoxy) is 1. The summed E-state index contributed by atoms with van der Waals surface area (Å²) in [6.07, 6.45) is 5.62. The van der Waals surface area contributed by atoms with Crippen molar-refractivity contribution in [2.45, 2.75) is 57.8 Å². The van der Waals surface area contributed by atoms with Crippen LogP contribution in [0.4, 0.5) is 0 Å². The van der Waals surface area contributed by atoms with Gasteiger partial charge in [0.2, 0.25) is 0 Å². The summed E-state index contributed by atoms with van der Waals surface area (Å²) in [5.74, 6) is -3.96. The maximum absolute atomic E-state index is 10.3. The zero-order chi connectivity index (χ0) is 29.1. The van der Waals surface area contributed by atoms with Crippen LogP contribution in [0, 0.1) is 6.92 Å². The molecule has 214 valence electrons. The topological polar surface area (TPSA) is 162 Å². The van der Waals surface area contributed by atoms with Crippen molar-refractivity contribution in [3.05, 3.63) is 83.4 Å². The van der Waals surface area contributed by atoms with Gasteiger partial charge < -0.3 is 29.7 Å². The predicted octanol–water partition coefficient (Wildman–Crippen LogP) is 2.97. The Morgan fingerprint density at radius 2 is 1.77 bits per heavy atom. The lowest BCUT2D eigenvalue weighted by molar-refractivity contribution is -0.170. The van der Waals surface area contributed by atoms with E-state index in [9.17, 15) is 14.4 Å². The molecule has 0 bridgehead atoms. The zero-order valence-corrected chi connectivity index (χ0v) is 22.4. The molecule has 0 radical (unpaired) electrons. The maximum atomic E-state index is 10.3. The van der Waals surface area contributed by atoms with Gasteiger partial charge in [0.05, 0.1) is 25.8 Å². The van der Waals surface area contributed by atoms with Gasteiger partial charge in [-0.3, -0.25) is 14.5 Å². The van der Waals surface area contributed by atoms with Crippen molar-refractivity contribution >= 4 is 17.9 Å². The van der Waals surface area contributed by atoms with Gasteiger partial charge in [0.1, 0.15) is 5.75 Å². The number of hydrogen-bond acceptors (Lipinski definition) is 7. The predicted molar refractivity (Wildman–Crippen MR) is 145 cm³/mol. The Hall–Kier alpha value is -4.22. The lowest BCUT2D eigenvalue weighted by Gasteiger charge is -2.24. The van der Waals surface area contributed by atoms with Gasteiger partial charge in [0.25, 0.3) is 0 Å². The monoisotopic (exact) mass is 553 g/mol. The summed E-state index contributed by atoms with van der Waals surface area (Å²) in [6.45, 7) is 7.01. The molecule has 0 saturated carbocycles. The number of carboxylic acids is 3. The molecule has 40 heavy (non-hydrogen) atoms. The van der Waals surface area contributed by atoms with Crippen molar-refractivity contribution in [3.8, 4) is 5.75 Å². The average molecular weight is 554 g/mol. The smallest absolute Gasteiger partial charge is 0.336 e. The van der Waals surface area contributed by atoms with E-state index in [0.717, 1.165) is 51.4 Å². The molecule has 2 aromatic carbocycles. The highest BCUT2D eigenvalue weighted by atomic mass is 16.5. The number of aliphatic carboxylic acids is 3. The van der Waals surface area contributed by atoms with Gasteiger partial charge in [0.15, 0.2) is 5.60 Å². The summed E-state index contributed by atoms with van der Waals surface area (Å²) < 4.78 is 7.81. The number of carboxylic acid groups (broad SMARTS) is 3. The molecule has 2 heterocycles. The van der Waals surface area contributed by atoms with Gasteiger partial charge in [-0.1, -0.05) is 36.4 Å². The first-order valence-corrected chi connectivity index (χ1v) is 12.9. The minimum atomic E-state index is -2.74. The van der Waals surface area contributed by atoms with Crippen molar-refractivity contribution in [2.75, 3.05) is 13.2 Å². The van der Waals surface area contributed by atoms with Crippen LogP contribution in [0.2, 0.25) is 0 Å². The van der Waals surface area contributed by atoms with Crippen LogP contribution in [0.3, 0.4) is 0 Å². The molecule has 4 N–H and O–H groups in total. The van der Waals surface area contributed by atoms with E-state index in [2.05, 4.69) is 63.8 Å². The first-order chi connectivity index (χ1) is 19.1. The molecule has 4 rings (SSSR count). The van der Waals surface area contributed by atoms with Crippen LogP contribution in [0.25, 0.3) is 0 Å². The number of rotatable bonds is 13. The van der Waals surface area contributed by atoms with Crippen molar-refractivity contribution in [1.82, 2.24) is 14.5 Å². The molecular formula is C29H35N3O8. The van der Waals surface area contributed by atoms with Crippen molar-refractivity contribution in [1.29, 1.82) is 0 Å². The number of hydrogen-bond donors (Lipinski definition) is 4. The second-order valence-electron chi connectivity index (χ2n) is 9.81. The molecule has 0 spiro atoms. The number of aryl methyl sites for hydroxylation is 2. The Balaban J connectivity index is 0.000000289. The molecular weight excluding hydrogens is 518 g/mol. The molecule has 3 aromatic rings. The summed E-state index contributed by atoms with van der Waals surface area (Å²) >= 11 is 0. The van der Waals surface area contributed by atoms with Crippen LogP contribution < -0.4 is 4.74 Å². The largest absolute Gasteiger partial charge is 0.493 e. The van der Waals surface area contributed by atoms with E-state index in [-0.39, 0.29) is 0 Å². The number of nitrogens with zero attached hydrogens (tertiary/aromatic N) is 3. The van der Waals surface area contributed by atoms with E-state index in [1.807, 2.05) is 18.7 Å². The van der Waals surface area contributed by atoms with Gasteiger partial charge in [-0.05, 0) is 41.7 Å². The van der Waals surface area contributed by atoms with Crippen molar-refractivity contribution in [3.63, 3.8) is 0 Å². The average Bonchev–Trinajstić information content (AvgIpc) is 3.56. The highest BCUT2D eigenvalue weighted by Gasteiger charge is 2.40. The summed E-state index contributed by atoms with van der Waals surface area (Å²) in [4.78, 5) is 37.2. The highest BCUT2D eigenvalue weighted by Crippen LogP contribution is 2.26. The number of aromatic nitrogens is 2. The lowest BCUT2D eigenvalue weighted by Crippen LogP contribution is -2.42. The summed E-state index contributed by atoms with van der Waals surface area (Å²) in [5.41, 5.74) is 2.75. The molecule has 0 fully saturated rings. The summed E-state index contributed by atoms with van der Waals surface area (Å²) in [6, 6.07) is 15.4. The molecule has 0 aliphatic carbocycles. The fourth-order valence-corrected chi connectivity index (χ4v) is 4.45. The van der Waals surface area contributed by atoms with Crippen LogP contribution >= 0.6 is 0 Å². The molecule has 1 aliphatic rings. The van der Waals surface area contributed by atoms with Gasteiger partial charge in [-0.25, -0.2) is 9.78 Å². The Labute approximate surface area is 232 Å². The first-order valence-electron chi connectivity index (χ1n) is 12.9. The summed E-state index contributed by atoms with van der Waals surface area (Å²) in [5, 5.41) is 33.8. The molecule has 1 aliphatic heterocycles.